The second-order valence-electron chi connectivity index (χ2n) is 5.37. The molecule has 0 unspecified atom stereocenters. The van der Waals surface area contributed by atoms with Crippen molar-refractivity contribution < 1.29 is 23.8 Å². The van der Waals surface area contributed by atoms with E-state index in [1.165, 1.54) is 6.92 Å². The second kappa shape index (κ2) is 7.66. The normalized spacial score (nSPS) is 24.8. The third-order valence-electron chi connectivity index (χ3n) is 3.55. The quantitative estimate of drug-likeness (QED) is 0.426. The molecule has 0 spiro atoms. The van der Waals surface area contributed by atoms with Gasteiger partial charge in [0, 0.05) is 6.42 Å². The number of nitrogens with zero attached hydrogens (tertiary/aromatic N) is 1. The molecule has 1 amide bonds. The highest BCUT2D eigenvalue weighted by Crippen LogP contribution is 2.29. The Kier molecular flexibility index (Phi) is 5.83. The Morgan fingerprint density at radius 1 is 1.67 bits per heavy atom. The van der Waals surface area contributed by atoms with E-state index in [9.17, 15) is 23.9 Å². The van der Waals surface area contributed by atoms with E-state index in [2.05, 4.69) is 5.32 Å². The fourth-order valence-corrected chi connectivity index (χ4v) is 2.27. The molecule has 1 aromatic rings. The van der Waals surface area contributed by atoms with Crippen LogP contribution in [0.1, 0.15) is 19.6 Å². The Bertz CT molecular complexity index is 702. The van der Waals surface area contributed by atoms with Crippen LogP contribution in [-0.4, -0.2) is 52.2 Å². The van der Waals surface area contributed by atoms with E-state index in [0.29, 0.717) is 0 Å². The van der Waals surface area contributed by atoms with Crippen LogP contribution < -0.4 is 22.3 Å². The number of ether oxygens (including phenoxy) is 2. The third kappa shape index (κ3) is 4.06. The van der Waals surface area contributed by atoms with Crippen molar-refractivity contribution in [2.24, 2.45) is 5.73 Å². The van der Waals surface area contributed by atoms with Gasteiger partial charge in [0.15, 0.2) is 0 Å². The molecule has 24 heavy (non-hydrogen) atoms. The largest absolute Gasteiger partial charge is 0.394 e. The average Bonchev–Trinajstić information content (AvgIpc) is 2.93. The lowest BCUT2D eigenvalue weighted by molar-refractivity contribution is -0.125. The molecule has 2 heterocycles. The van der Waals surface area contributed by atoms with Gasteiger partial charge in [-0.05, 0) is 6.92 Å². The van der Waals surface area contributed by atoms with Crippen LogP contribution in [0.15, 0.2) is 15.8 Å². The van der Waals surface area contributed by atoms with Crippen LogP contribution in [0, 0.1) is 5.82 Å². The zero-order valence-electron chi connectivity index (χ0n) is 12.9. The fraction of sp³-hybridized carbons (Fsp3) is 0.615. The number of halogens is 1. The minimum Gasteiger partial charge on any atom is -0.394 e. The summed E-state index contributed by atoms with van der Waals surface area (Å²) >= 11 is 0. The molecule has 134 valence electrons. The number of carbonyl (C=O) groups is 1. The summed E-state index contributed by atoms with van der Waals surface area (Å²) in [7, 11) is 0. The number of hydrogen-bond acceptors (Lipinski definition) is 7. The Labute approximate surface area is 135 Å². The van der Waals surface area contributed by atoms with Gasteiger partial charge in [0.25, 0.3) is 5.56 Å². The van der Waals surface area contributed by atoms with Gasteiger partial charge in [-0.25, -0.2) is 4.79 Å². The van der Waals surface area contributed by atoms with Gasteiger partial charge in [-0.2, -0.15) is 4.39 Å². The van der Waals surface area contributed by atoms with Crippen molar-refractivity contribution in [3.63, 3.8) is 0 Å². The monoisotopic (exact) mass is 346 g/mol. The van der Waals surface area contributed by atoms with Gasteiger partial charge in [0.05, 0.1) is 24.9 Å². The van der Waals surface area contributed by atoms with Crippen LogP contribution in [-0.2, 0) is 14.3 Å². The van der Waals surface area contributed by atoms with Crippen molar-refractivity contribution in [1.82, 2.24) is 14.9 Å². The molecule has 11 heteroatoms. The molecule has 0 aliphatic carbocycles. The maximum Gasteiger partial charge on any atom is 0.330 e. The van der Waals surface area contributed by atoms with Gasteiger partial charge in [-0.1, -0.05) is 0 Å². The number of carbonyl (C=O) groups excluding carboxylic acids is 1. The zero-order valence-corrected chi connectivity index (χ0v) is 12.9. The molecule has 10 nitrogen and oxygen atoms in total. The molecule has 0 radical (unpaired) electrons. The van der Waals surface area contributed by atoms with Crippen molar-refractivity contribution in [3.05, 3.63) is 32.9 Å². The molecule has 2 rings (SSSR count). The number of hydrogen-bond donors (Lipinski definition) is 4. The van der Waals surface area contributed by atoms with Crippen LogP contribution in [0.4, 0.5) is 4.39 Å². The smallest absolute Gasteiger partial charge is 0.330 e. The summed E-state index contributed by atoms with van der Waals surface area (Å²) in [4.78, 5) is 36.0. The molecule has 1 aromatic heterocycles. The van der Waals surface area contributed by atoms with Crippen LogP contribution in [0.2, 0.25) is 0 Å². The highest BCUT2D eigenvalue weighted by Gasteiger charge is 2.37. The number of aromatic nitrogens is 2. The van der Waals surface area contributed by atoms with Crippen LogP contribution >= 0.6 is 0 Å². The van der Waals surface area contributed by atoms with Crippen LogP contribution in [0.5, 0.6) is 0 Å². The van der Waals surface area contributed by atoms with Crippen LogP contribution in [0.3, 0.4) is 0 Å². The summed E-state index contributed by atoms with van der Waals surface area (Å²) in [5.74, 6) is -1.54. The van der Waals surface area contributed by atoms with E-state index >= 15 is 0 Å². The maximum absolute atomic E-state index is 13.4. The maximum atomic E-state index is 13.4. The number of aliphatic hydroxyl groups is 1. The van der Waals surface area contributed by atoms with Gasteiger partial charge >= 0.3 is 5.69 Å². The lowest BCUT2D eigenvalue weighted by Crippen LogP contribution is -2.41. The summed E-state index contributed by atoms with van der Waals surface area (Å²) in [6.07, 6.45) is -1.49. The third-order valence-corrected chi connectivity index (χ3v) is 3.55. The highest BCUT2D eigenvalue weighted by molar-refractivity contribution is 5.80. The highest BCUT2D eigenvalue weighted by atomic mass is 19.1. The van der Waals surface area contributed by atoms with Crippen molar-refractivity contribution in [1.29, 1.82) is 0 Å². The average molecular weight is 346 g/mol. The molecule has 0 bridgehead atoms. The Morgan fingerprint density at radius 2 is 2.38 bits per heavy atom. The first-order valence-electron chi connectivity index (χ1n) is 7.25. The molecule has 1 aliphatic rings. The summed E-state index contributed by atoms with van der Waals surface area (Å²) in [5.41, 5.74) is 3.43. The van der Waals surface area contributed by atoms with E-state index in [0.717, 1.165) is 10.8 Å². The number of nitrogens with one attached hydrogen (secondary N) is 2. The van der Waals surface area contributed by atoms with Gasteiger partial charge in [0.1, 0.15) is 19.1 Å². The summed E-state index contributed by atoms with van der Waals surface area (Å²) in [6, 6.07) is -0.697. The number of rotatable bonds is 6. The Hall–Kier alpha value is -2.08. The van der Waals surface area contributed by atoms with Gasteiger partial charge < -0.3 is 25.6 Å². The predicted octanol–water partition coefficient (Wildman–Crippen LogP) is -2.24. The second-order valence-corrected chi connectivity index (χ2v) is 5.37. The SMILES string of the molecule is C[C@H](N)C(=O)NCO[C@H]1C[C@H](n2cc(F)c(=O)[nH]c2=O)O[C@@H]1CO. The molecular weight excluding hydrogens is 327 g/mol. The van der Waals surface area contributed by atoms with Gasteiger partial charge in [-0.3, -0.25) is 19.1 Å². The lowest BCUT2D eigenvalue weighted by Gasteiger charge is -2.17. The Morgan fingerprint density at radius 3 is 3.00 bits per heavy atom. The molecule has 0 aromatic carbocycles. The number of aromatic amines is 1. The predicted molar refractivity (Wildman–Crippen MR) is 78.4 cm³/mol. The molecule has 1 fully saturated rings. The van der Waals surface area contributed by atoms with Crippen molar-refractivity contribution >= 4 is 5.91 Å². The molecular formula is C13H19FN4O6. The minimum absolute atomic E-state index is 0.116. The Balaban J connectivity index is 2.04. The van der Waals surface area contributed by atoms with E-state index < -0.39 is 54.1 Å². The molecule has 1 saturated heterocycles. The van der Waals surface area contributed by atoms with Crippen molar-refractivity contribution in [2.45, 2.75) is 37.8 Å². The summed E-state index contributed by atoms with van der Waals surface area (Å²) in [6.45, 7) is 0.952. The zero-order chi connectivity index (χ0) is 17.9. The number of H-pyrrole nitrogens is 1. The first-order chi connectivity index (χ1) is 11.3. The van der Waals surface area contributed by atoms with E-state index in [1.807, 2.05) is 4.98 Å². The number of nitrogens with two attached hydrogens (primary N) is 1. The van der Waals surface area contributed by atoms with E-state index in [1.54, 1.807) is 0 Å². The van der Waals surface area contributed by atoms with E-state index in [-0.39, 0.29) is 13.2 Å². The first-order valence-corrected chi connectivity index (χ1v) is 7.25. The van der Waals surface area contributed by atoms with Gasteiger partial charge in [-0.15, -0.1) is 0 Å². The lowest BCUT2D eigenvalue weighted by atomic mass is 10.2. The minimum atomic E-state index is -1.13. The molecule has 5 N–H and O–H groups in total. The standard InChI is InChI=1S/C13H19FN4O6/c1-6(15)11(20)16-5-23-8-2-10(24-9(8)4-19)18-3-7(14)12(21)17-13(18)22/h3,6,8-10,19H,2,4-5,15H2,1H3,(H,16,20)(H,17,21,22)/t6-,8-,9+,10+/m0/s1. The topological polar surface area (TPSA) is 149 Å². The first kappa shape index (κ1) is 18.3. The fourth-order valence-electron chi connectivity index (χ4n) is 2.27. The molecule has 1 aliphatic heterocycles. The summed E-state index contributed by atoms with van der Waals surface area (Å²) < 4.78 is 25.1. The van der Waals surface area contributed by atoms with E-state index in [4.69, 9.17) is 15.2 Å². The number of amides is 1. The van der Waals surface area contributed by atoms with Crippen molar-refractivity contribution in [2.75, 3.05) is 13.3 Å². The summed E-state index contributed by atoms with van der Waals surface area (Å²) in [5, 5.41) is 11.8. The van der Waals surface area contributed by atoms with Crippen molar-refractivity contribution in [3.8, 4) is 0 Å². The van der Waals surface area contributed by atoms with Crippen LogP contribution in [0.25, 0.3) is 0 Å². The molecule has 0 saturated carbocycles. The molecule has 4 atom stereocenters. The van der Waals surface area contributed by atoms with Gasteiger partial charge in [0.2, 0.25) is 11.7 Å². The number of aliphatic hydroxyl groups excluding tert-OH is 1.